The van der Waals surface area contributed by atoms with E-state index in [0.29, 0.717) is 6.54 Å². The van der Waals surface area contributed by atoms with Gasteiger partial charge in [0.2, 0.25) is 0 Å². The highest BCUT2D eigenvalue weighted by molar-refractivity contribution is 5.55. The van der Waals surface area contributed by atoms with Crippen LogP contribution in [0.1, 0.15) is 31.7 Å². The Bertz CT molecular complexity index is 322. The lowest BCUT2D eigenvalue weighted by Crippen LogP contribution is -2.29. The van der Waals surface area contributed by atoms with E-state index in [0.717, 1.165) is 6.04 Å². The Morgan fingerprint density at radius 2 is 2.20 bits per heavy atom. The van der Waals surface area contributed by atoms with Gasteiger partial charge in [0.25, 0.3) is 0 Å². The summed E-state index contributed by atoms with van der Waals surface area (Å²) < 4.78 is 0. The molecular formula is C13H20N2. The van der Waals surface area contributed by atoms with Gasteiger partial charge in [0.1, 0.15) is 0 Å². The Labute approximate surface area is 92.1 Å². The predicted octanol–water partition coefficient (Wildman–Crippen LogP) is 2.52. The fourth-order valence-corrected chi connectivity index (χ4v) is 2.54. The summed E-state index contributed by atoms with van der Waals surface area (Å²) >= 11 is 0. The lowest BCUT2D eigenvalue weighted by atomic mass is 10.1. The smallest absolute Gasteiger partial charge is 0.0414 e. The van der Waals surface area contributed by atoms with Crippen LogP contribution in [0.5, 0.6) is 0 Å². The summed E-state index contributed by atoms with van der Waals surface area (Å²) in [7, 11) is 0. The van der Waals surface area contributed by atoms with Crippen LogP contribution in [-0.2, 0) is 6.54 Å². The molecule has 0 amide bonds. The standard InChI is InChI=1S/C13H20N2/c1-2-12-7-5-9-15(12)13-8-4-3-6-11(13)10-14/h3-4,6,8,12H,2,5,7,9-10,14H2,1H3. The van der Waals surface area contributed by atoms with Gasteiger partial charge in [0.05, 0.1) is 0 Å². The molecule has 0 radical (unpaired) electrons. The highest BCUT2D eigenvalue weighted by Gasteiger charge is 2.24. The maximum Gasteiger partial charge on any atom is 0.0414 e. The van der Waals surface area contributed by atoms with Crippen LogP contribution in [0.3, 0.4) is 0 Å². The molecule has 2 heteroatoms. The van der Waals surface area contributed by atoms with E-state index >= 15 is 0 Å². The molecule has 82 valence electrons. The molecule has 1 unspecified atom stereocenters. The average Bonchev–Trinajstić information content (AvgIpc) is 2.76. The fourth-order valence-electron chi connectivity index (χ4n) is 2.54. The zero-order chi connectivity index (χ0) is 10.7. The van der Waals surface area contributed by atoms with Crippen molar-refractivity contribution in [3.8, 4) is 0 Å². The van der Waals surface area contributed by atoms with Gasteiger partial charge in [-0.05, 0) is 30.9 Å². The molecule has 1 saturated heterocycles. The molecule has 1 aliphatic rings. The van der Waals surface area contributed by atoms with Crippen molar-refractivity contribution in [1.82, 2.24) is 0 Å². The quantitative estimate of drug-likeness (QED) is 0.819. The third-order valence-corrected chi connectivity index (χ3v) is 3.37. The molecule has 15 heavy (non-hydrogen) atoms. The molecule has 0 aromatic heterocycles. The first kappa shape index (κ1) is 10.5. The second kappa shape index (κ2) is 4.67. The van der Waals surface area contributed by atoms with E-state index in [4.69, 9.17) is 5.73 Å². The van der Waals surface area contributed by atoms with Gasteiger partial charge in [0.15, 0.2) is 0 Å². The normalized spacial score (nSPS) is 20.9. The summed E-state index contributed by atoms with van der Waals surface area (Å²) in [6, 6.07) is 9.25. The van der Waals surface area contributed by atoms with Crippen molar-refractivity contribution in [2.45, 2.75) is 38.8 Å². The summed E-state index contributed by atoms with van der Waals surface area (Å²) in [6.07, 6.45) is 3.88. The van der Waals surface area contributed by atoms with E-state index in [-0.39, 0.29) is 0 Å². The second-order valence-corrected chi connectivity index (χ2v) is 4.23. The Morgan fingerprint density at radius 3 is 2.93 bits per heavy atom. The van der Waals surface area contributed by atoms with Crippen LogP contribution in [-0.4, -0.2) is 12.6 Å². The number of para-hydroxylation sites is 1. The molecule has 1 atom stereocenters. The fraction of sp³-hybridized carbons (Fsp3) is 0.538. The molecule has 1 heterocycles. The summed E-state index contributed by atoms with van der Waals surface area (Å²) in [5.74, 6) is 0. The molecule has 2 rings (SSSR count). The summed E-state index contributed by atoms with van der Waals surface area (Å²) in [5.41, 5.74) is 8.41. The molecule has 2 nitrogen and oxygen atoms in total. The predicted molar refractivity (Wildman–Crippen MR) is 65.0 cm³/mol. The molecule has 0 aliphatic carbocycles. The number of hydrogen-bond donors (Lipinski definition) is 1. The highest BCUT2D eigenvalue weighted by Crippen LogP contribution is 2.29. The van der Waals surface area contributed by atoms with Crippen molar-refractivity contribution < 1.29 is 0 Å². The molecule has 0 spiro atoms. The van der Waals surface area contributed by atoms with Gasteiger partial charge in [-0.25, -0.2) is 0 Å². The van der Waals surface area contributed by atoms with Gasteiger partial charge in [-0.3, -0.25) is 0 Å². The van der Waals surface area contributed by atoms with Crippen LogP contribution in [0.4, 0.5) is 5.69 Å². The van der Waals surface area contributed by atoms with Crippen molar-refractivity contribution in [3.63, 3.8) is 0 Å². The van der Waals surface area contributed by atoms with Gasteiger partial charge in [-0.15, -0.1) is 0 Å². The first-order valence-corrected chi connectivity index (χ1v) is 5.91. The average molecular weight is 204 g/mol. The van der Waals surface area contributed by atoms with Crippen LogP contribution in [0.2, 0.25) is 0 Å². The minimum Gasteiger partial charge on any atom is -0.368 e. The van der Waals surface area contributed by atoms with Crippen LogP contribution in [0.15, 0.2) is 24.3 Å². The first-order chi connectivity index (χ1) is 7.36. The van der Waals surface area contributed by atoms with E-state index in [1.165, 1.54) is 37.1 Å². The van der Waals surface area contributed by atoms with Gasteiger partial charge in [-0.1, -0.05) is 25.1 Å². The molecule has 1 fully saturated rings. The topological polar surface area (TPSA) is 29.3 Å². The van der Waals surface area contributed by atoms with Gasteiger partial charge < -0.3 is 10.6 Å². The number of benzene rings is 1. The monoisotopic (exact) mass is 204 g/mol. The van der Waals surface area contributed by atoms with E-state index in [2.05, 4.69) is 36.1 Å². The minimum absolute atomic E-state index is 0.642. The summed E-state index contributed by atoms with van der Waals surface area (Å²) in [5, 5.41) is 0. The van der Waals surface area contributed by atoms with E-state index in [1.54, 1.807) is 0 Å². The number of nitrogens with zero attached hydrogens (tertiary/aromatic N) is 1. The second-order valence-electron chi connectivity index (χ2n) is 4.23. The van der Waals surface area contributed by atoms with Gasteiger partial charge >= 0.3 is 0 Å². The molecule has 2 N–H and O–H groups in total. The van der Waals surface area contributed by atoms with Crippen LogP contribution < -0.4 is 10.6 Å². The van der Waals surface area contributed by atoms with E-state index in [9.17, 15) is 0 Å². The maximum absolute atomic E-state index is 5.78. The molecule has 0 saturated carbocycles. The summed E-state index contributed by atoms with van der Waals surface area (Å²) in [4.78, 5) is 2.53. The highest BCUT2D eigenvalue weighted by atomic mass is 15.2. The van der Waals surface area contributed by atoms with Crippen molar-refractivity contribution in [1.29, 1.82) is 0 Å². The van der Waals surface area contributed by atoms with Crippen LogP contribution in [0.25, 0.3) is 0 Å². The largest absolute Gasteiger partial charge is 0.368 e. The van der Waals surface area contributed by atoms with Crippen LogP contribution in [0, 0.1) is 0 Å². The number of hydrogen-bond acceptors (Lipinski definition) is 2. The number of rotatable bonds is 3. The zero-order valence-electron chi connectivity index (χ0n) is 9.45. The maximum atomic E-state index is 5.78. The first-order valence-electron chi connectivity index (χ1n) is 5.91. The van der Waals surface area contributed by atoms with Crippen molar-refractivity contribution in [3.05, 3.63) is 29.8 Å². The van der Waals surface area contributed by atoms with E-state index < -0.39 is 0 Å². The SMILES string of the molecule is CCC1CCCN1c1ccccc1CN. The lowest BCUT2D eigenvalue weighted by Gasteiger charge is -2.27. The van der Waals surface area contributed by atoms with Crippen LogP contribution >= 0.6 is 0 Å². The number of nitrogens with two attached hydrogens (primary N) is 1. The molecule has 1 aliphatic heterocycles. The van der Waals surface area contributed by atoms with Gasteiger partial charge in [0, 0.05) is 24.8 Å². The Morgan fingerprint density at radius 1 is 1.40 bits per heavy atom. The molecule has 1 aromatic rings. The minimum atomic E-state index is 0.642. The Balaban J connectivity index is 2.27. The molecule has 0 bridgehead atoms. The number of anilines is 1. The van der Waals surface area contributed by atoms with Gasteiger partial charge in [-0.2, -0.15) is 0 Å². The molecule has 1 aromatic carbocycles. The van der Waals surface area contributed by atoms with Crippen molar-refractivity contribution in [2.75, 3.05) is 11.4 Å². The van der Waals surface area contributed by atoms with Crippen molar-refractivity contribution in [2.24, 2.45) is 5.73 Å². The Hall–Kier alpha value is -1.02. The van der Waals surface area contributed by atoms with Crippen molar-refractivity contribution >= 4 is 5.69 Å². The summed E-state index contributed by atoms with van der Waals surface area (Å²) in [6.45, 7) is 4.10. The third-order valence-electron chi connectivity index (χ3n) is 3.37. The lowest BCUT2D eigenvalue weighted by molar-refractivity contribution is 0.643. The van der Waals surface area contributed by atoms with E-state index in [1.807, 2.05) is 0 Å². The zero-order valence-corrected chi connectivity index (χ0v) is 9.45. The third kappa shape index (κ3) is 2.00. The molecular weight excluding hydrogens is 184 g/mol. The Kier molecular flexibility index (Phi) is 3.27.